The van der Waals surface area contributed by atoms with Gasteiger partial charge in [-0.15, -0.1) is 0 Å². The number of hydrogen-bond acceptors (Lipinski definition) is 1. The summed E-state index contributed by atoms with van der Waals surface area (Å²) in [5.74, 6) is -0.201. The number of aliphatic imine (C=N–C) groups is 1. The van der Waals surface area contributed by atoms with Crippen LogP contribution in [0.4, 0.5) is 4.39 Å². The molecule has 0 amide bonds. The van der Waals surface area contributed by atoms with E-state index < -0.39 is 0 Å². The lowest BCUT2D eigenvalue weighted by Crippen LogP contribution is -2.15. The molecule has 0 fully saturated rings. The lowest BCUT2D eigenvalue weighted by Gasteiger charge is -2.15. The summed E-state index contributed by atoms with van der Waals surface area (Å²) in [5.41, 5.74) is 0.371. The van der Waals surface area contributed by atoms with Gasteiger partial charge in [0.2, 0.25) is 0 Å². The molecule has 2 heteroatoms. The van der Waals surface area contributed by atoms with Gasteiger partial charge in [0, 0.05) is 6.42 Å². The number of allylic oxidation sites excluding steroid dienone is 4. The molecule has 0 N–H and O–H groups in total. The number of rotatable bonds is 0. The highest BCUT2D eigenvalue weighted by molar-refractivity contribution is 6.00. The van der Waals surface area contributed by atoms with Crippen LogP contribution >= 0.6 is 0 Å². The van der Waals surface area contributed by atoms with Crippen molar-refractivity contribution in [2.45, 2.75) is 32.7 Å². The molecule has 66 valence electrons. The first kappa shape index (κ1) is 9.17. The van der Waals surface area contributed by atoms with Crippen LogP contribution in [-0.2, 0) is 0 Å². The zero-order chi connectivity index (χ0) is 9.19. The molecule has 1 aliphatic carbocycles. The van der Waals surface area contributed by atoms with Crippen LogP contribution in [-0.4, -0.2) is 11.3 Å². The molecule has 0 saturated heterocycles. The van der Waals surface area contributed by atoms with Crippen molar-refractivity contribution in [2.75, 3.05) is 0 Å². The van der Waals surface area contributed by atoms with Gasteiger partial charge in [0.25, 0.3) is 0 Å². The van der Waals surface area contributed by atoms with E-state index in [0.29, 0.717) is 12.1 Å². The highest BCUT2D eigenvalue weighted by atomic mass is 19.1. The van der Waals surface area contributed by atoms with E-state index in [1.807, 2.05) is 26.8 Å². The molecule has 1 rings (SSSR count). The van der Waals surface area contributed by atoms with Gasteiger partial charge in [0.15, 0.2) is 0 Å². The quantitative estimate of drug-likeness (QED) is 0.526. The van der Waals surface area contributed by atoms with E-state index >= 15 is 0 Å². The first-order valence-electron chi connectivity index (χ1n) is 4.10. The van der Waals surface area contributed by atoms with Crippen molar-refractivity contribution < 1.29 is 4.39 Å². The van der Waals surface area contributed by atoms with Gasteiger partial charge in [-0.2, -0.15) is 0 Å². The molecule has 12 heavy (non-hydrogen) atoms. The highest BCUT2D eigenvalue weighted by Crippen LogP contribution is 2.16. The van der Waals surface area contributed by atoms with Crippen molar-refractivity contribution in [1.29, 1.82) is 0 Å². The molecule has 0 bridgehead atoms. The molecular weight excluding hydrogens is 153 g/mol. The van der Waals surface area contributed by atoms with Gasteiger partial charge in [-0.3, -0.25) is 4.99 Å². The minimum absolute atomic E-state index is 0.189. The van der Waals surface area contributed by atoms with Crippen LogP contribution in [0.3, 0.4) is 0 Å². The standard InChI is InChI=1S/C10H14FN/c1-10(2,3)12-9-7-5-4-6-8(9)11/h4-6H,7H2,1-3H3. The minimum atomic E-state index is -0.201. The Labute approximate surface area is 72.7 Å². The summed E-state index contributed by atoms with van der Waals surface area (Å²) in [6, 6.07) is 0. The van der Waals surface area contributed by atoms with E-state index in [9.17, 15) is 4.39 Å². The van der Waals surface area contributed by atoms with Gasteiger partial charge in [0.05, 0.1) is 11.3 Å². The van der Waals surface area contributed by atoms with Crippen LogP contribution in [0.25, 0.3) is 0 Å². The molecule has 0 atom stereocenters. The van der Waals surface area contributed by atoms with Crippen LogP contribution in [0.15, 0.2) is 29.0 Å². The van der Waals surface area contributed by atoms with E-state index in [4.69, 9.17) is 0 Å². The molecule has 0 spiro atoms. The molecule has 0 saturated carbocycles. The predicted molar refractivity (Wildman–Crippen MR) is 50.1 cm³/mol. The Kier molecular flexibility index (Phi) is 2.46. The van der Waals surface area contributed by atoms with E-state index in [1.54, 1.807) is 6.08 Å². The van der Waals surface area contributed by atoms with Crippen LogP contribution < -0.4 is 0 Å². The summed E-state index contributed by atoms with van der Waals surface area (Å²) < 4.78 is 13.1. The van der Waals surface area contributed by atoms with Gasteiger partial charge in [-0.05, 0) is 26.8 Å². The Hall–Kier alpha value is -0.920. The summed E-state index contributed by atoms with van der Waals surface area (Å²) in [7, 11) is 0. The van der Waals surface area contributed by atoms with Crippen molar-refractivity contribution in [3.8, 4) is 0 Å². The molecule has 1 aliphatic rings. The lowest BCUT2D eigenvalue weighted by atomic mass is 10.1. The van der Waals surface area contributed by atoms with Gasteiger partial charge in [-0.1, -0.05) is 12.2 Å². The maximum Gasteiger partial charge on any atom is 0.144 e. The molecule has 1 nitrogen and oxygen atoms in total. The van der Waals surface area contributed by atoms with E-state index in [0.717, 1.165) is 0 Å². The Morgan fingerprint density at radius 3 is 2.58 bits per heavy atom. The third kappa shape index (κ3) is 2.61. The zero-order valence-electron chi connectivity index (χ0n) is 7.76. The van der Waals surface area contributed by atoms with Crippen molar-refractivity contribution in [1.82, 2.24) is 0 Å². The summed E-state index contributed by atoms with van der Waals surface area (Å²) in [6.07, 6.45) is 5.69. The highest BCUT2D eigenvalue weighted by Gasteiger charge is 2.13. The summed E-state index contributed by atoms with van der Waals surface area (Å²) >= 11 is 0. The zero-order valence-corrected chi connectivity index (χ0v) is 7.76. The Bertz CT molecular complexity index is 254. The molecule has 0 aromatic carbocycles. The van der Waals surface area contributed by atoms with Gasteiger partial charge in [0.1, 0.15) is 5.83 Å². The largest absolute Gasteiger partial charge is 0.281 e. The molecule has 0 heterocycles. The summed E-state index contributed by atoms with van der Waals surface area (Å²) in [6.45, 7) is 5.89. The van der Waals surface area contributed by atoms with Crippen LogP contribution in [0.5, 0.6) is 0 Å². The number of nitrogens with zero attached hydrogens (tertiary/aromatic N) is 1. The van der Waals surface area contributed by atoms with Crippen molar-refractivity contribution >= 4 is 5.71 Å². The topological polar surface area (TPSA) is 12.4 Å². The van der Waals surface area contributed by atoms with Crippen LogP contribution in [0, 0.1) is 0 Å². The molecule has 0 aromatic rings. The Morgan fingerprint density at radius 1 is 1.42 bits per heavy atom. The second-order valence-corrected chi connectivity index (χ2v) is 3.88. The average molecular weight is 167 g/mol. The van der Waals surface area contributed by atoms with Gasteiger partial charge in [-0.25, -0.2) is 4.39 Å². The second kappa shape index (κ2) is 3.21. The van der Waals surface area contributed by atoms with Gasteiger partial charge >= 0.3 is 0 Å². The first-order chi connectivity index (χ1) is 5.49. The minimum Gasteiger partial charge on any atom is -0.281 e. The van der Waals surface area contributed by atoms with Crippen molar-refractivity contribution in [3.05, 3.63) is 24.1 Å². The first-order valence-corrected chi connectivity index (χ1v) is 4.10. The van der Waals surface area contributed by atoms with Crippen LogP contribution in [0.2, 0.25) is 0 Å². The van der Waals surface area contributed by atoms with E-state index in [-0.39, 0.29) is 11.4 Å². The molecule has 0 aliphatic heterocycles. The van der Waals surface area contributed by atoms with Crippen molar-refractivity contribution in [3.63, 3.8) is 0 Å². The maximum absolute atomic E-state index is 13.1. The fourth-order valence-corrected chi connectivity index (χ4v) is 1.03. The molecule has 0 aromatic heterocycles. The second-order valence-electron chi connectivity index (χ2n) is 3.88. The van der Waals surface area contributed by atoms with Crippen molar-refractivity contribution in [2.24, 2.45) is 4.99 Å². The maximum atomic E-state index is 13.1. The normalized spacial score (nSPS) is 21.3. The predicted octanol–water partition coefficient (Wildman–Crippen LogP) is 3.04. The Morgan fingerprint density at radius 2 is 2.08 bits per heavy atom. The fourth-order valence-electron chi connectivity index (χ4n) is 1.03. The molecule has 0 unspecified atom stereocenters. The van der Waals surface area contributed by atoms with Crippen LogP contribution in [0.1, 0.15) is 27.2 Å². The molecular formula is C10H14FN. The monoisotopic (exact) mass is 167 g/mol. The Balaban J connectivity index is 2.84. The average Bonchev–Trinajstić information content (AvgIpc) is 1.91. The lowest BCUT2D eigenvalue weighted by molar-refractivity contribution is 0.575. The number of hydrogen-bond donors (Lipinski definition) is 0. The summed E-state index contributed by atoms with van der Waals surface area (Å²) in [5, 5.41) is 0. The molecule has 0 radical (unpaired) electrons. The SMILES string of the molecule is CC(C)(C)N=C1CC=CC=C1F. The number of halogens is 1. The van der Waals surface area contributed by atoms with E-state index in [1.165, 1.54) is 6.08 Å². The van der Waals surface area contributed by atoms with E-state index in [2.05, 4.69) is 4.99 Å². The summed E-state index contributed by atoms with van der Waals surface area (Å²) in [4.78, 5) is 4.27. The smallest absolute Gasteiger partial charge is 0.144 e. The third-order valence-electron chi connectivity index (χ3n) is 1.44. The van der Waals surface area contributed by atoms with Gasteiger partial charge < -0.3 is 0 Å². The fraction of sp³-hybridized carbons (Fsp3) is 0.500. The third-order valence-corrected chi connectivity index (χ3v) is 1.44.